The van der Waals surface area contributed by atoms with Crippen molar-refractivity contribution in [1.82, 2.24) is 0 Å². The third-order valence-corrected chi connectivity index (χ3v) is 7.37. The first-order valence-electron chi connectivity index (χ1n) is 14.1. The van der Waals surface area contributed by atoms with Gasteiger partial charge in [0.15, 0.2) is 6.20 Å². The molecule has 0 aromatic carbocycles. The Hall–Kier alpha value is -0.490. The van der Waals surface area contributed by atoms with Crippen molar-refractivity contribution in [3.63, 3.8) is 0 Å². The molecule has 0 saturated carbocycles. The minimum Gasteiger partial charge on any atom is -0.381 e. The van der Waals surface area contributed by atoms with Crippen molar-refractivity contribution in [2.24, 2.45) is 5.92 Å². The molecule has 1 aromatic heterocycles. The Balaban J connectivity index is 1.27. The first-order valence-corrected chi connectivity index (χ1v) is 15.0. The third kappa shape index (κ3) is 15.9. The molecule has 0 unspecified atom stereocenters. The fourth-order valence-corrected chi connectivity index (χ4v) is 5.22. The molecule has 2 heterocycles. The van der Waals surface area contributed by atoms with E-state index in [2.05, 4.69) is 28.6 Å². The Morgan fingerprint density at radius 1 is 0.788 bits per heavy atom. The molecule has 1 fully saturated rings. The minimum absolute atomic E-state index is 0.276. The summed E-state index contributed by atoms with van der Waals surface area (Å²) >= 11 is 1.77. The van der Waals surface area contributed by atoms with Crippen LogP contribution in [0.5, 0.6) is 0 Å². The zero-order chi connectivity index (χ0) is 23.2. The second-order valence-electron chi connectivity index (χ2n) is 9.92. The number of hydrogen-bond donors (Lipinski definition) is 0. The van der Waals surface area contributed by atoms with Gasteiger partial charge in [-0.2, -0.15) is 4.57 Å². The predicted octanol–water partition coefficient (Wildman–Crippen LogP) is 7.35. The highest BCUT2D eigenvalue weighted by atomic mass is 32.1. The van der Waals surface area contributed by atoms with Crippen LogP contribution in [0.3, 0.4) is 0 Å². The number of thiazole rings is 1. The van der Waals surface area contributed by atoms with Crippen LogP contribution in [0.15, 0.2) is 17.1 Å². The molecular weight excluding hydrogens is 430 g/mol. The molecular formula is C28H52NO3S+. The maximum absolute atomic E-state index is 5.93. The van der Waals surface area contributed by atoms with E-state index in [-0.39, 0.29) is 6.10 Å². The standard InChI is InChI=1S/C28H52NO3S/c1-2-3-4-5-6-7-8-9-12-15-19-30-23-27-22-28(32-24-27)25-31-20-16-13-10-11-14-17-29-18-21-33-26-29/h18,21,26-28H,2-17,19-20,22-25H2,1H3/q+1/t27-,28-/m0/s1. The summed E-state index contributed by atoms with van der Waals surface area (Å²) in [4.78, 5) is 0. The molecule has 2 atom stereocenters. The lowest BCUT2D eigenvalue weighted by Crippen LogP contribution is -2.29. The van der Waals surface area contributed by atoms with Gasteiger partial charge in [0.2, 0.25) is 5.51 Å². The first-order chi connectivity index (χ1) is 16.4. The van der Waals surface area contributed by atoms with Gasteiger partial charge in [0.25, 0.3) is 0 Å². The lowest BCUT2D eigenvalue weighted by atomic mass is 10.1. The van der Waals surface area contributed by atoms with Gasteiger partial charge in [0, 0.05) is 25.6 Å². The van der Waals surface area contributed by atoms with E-state index in [9.17, 15) is 0 Å². The molecule has 0 N–H and O–H groups in total. The molecule has 4 nitrogen and oxygen atoms in total. The molecule has 1 aliphatic heterocycles. The maximum atomic E-state index is 5.93. The first kappa shape index (κ1) is 28.7. The van der Waals surface area contributed by atoms with Gasteiger partial charge in [-0.25, -0.2) is 0 Å². The van der Waals surface area contributed by atoms with Crippen LogP contribution in [0.2, 0.25) is 0 Å². The summed E-state index contributed by atoms with van der Waals surface area (Å²) in [5.74, 6) is 0.558. The van der Waals surface area contributed by atoms with Crippen LogP contribution in [0.4, 0.5) is 0 Å². The lowest BCUT2D eigenvalue weighted by Gasteiger charge is -2.11. The Morgan fingerprint density at radius 3 is 2.03 bits per heavy atom. The Labute approximate surface area is 208 Å². The van der Waals surface area contributed by atoms with Gasteiger partial charge < -0.3 is 14.2 Å². The third-order valence-electron chi connectivity index (χ3n) is 6.70. The molecule has 2 rings (SSSR count). The van der Waals surface area contributed by atoms with Crippen molar-refractivity contribution in [3.05, 3.63) is 17.1 Å². The highest BCUT2D eigenvalue weighted by Gasteiger charge is 2.25. The van der Waals surface area contributed by atoms with Crippen LogP contribution in [0, 0.1) is 5.92 Å². The molecule has 0 bridgehead atoms. The number of ether oxygens (including phenoxy) is 3. The number of rotatable bonds is 23. The molecule has 1 saturated heterocycles. The second-order valence-corrected chi connectivity index (χ2v) is 10.7. The van der Waals surface area contributed by atoms with Crippen molar-refractivity contribution in [1.29, 1.82) is 0 Å². The summed E-state index contributed by atoms with van der Waals surface area (Å²) in [7, 11) is 0. The van der Waals surface area contributed by atoms with Crippen molar-refractivity contribution >= 4 is 11.3 Å². The van der Waals surface area contributed by atoms with Crippen LogP contribution >= 0.6 is 11.3 Å². The van der Waals surface area contributed by atoms with E-state index in [1.165, 1.54) is 96.3 Å². The Morgan fingerprint density at radius 2 is 1.39 bits per heavy atom. The SMILES string of the molecule is CCCCCCCCCCCCOC[C@H]1CO[C@H](COCCCCCCC[n+]2ccsc2)C1. The van der Waals surface area contributed by atoms with Gasteiger partial charge in [-0.15, -0.1) is 0 Å². The monoisotopic (exact) mass is 482 g/mol. The average molecular weight is 483 g/mol. The molecule has 0 spiro atoms. The van der Waals surface area contributed by atoms with Gasteiger partial charge in [0.1, 0.15) is 6.54 Å². The molecule has 5 heteroatoms. The second kappa shape index (κ2) is 20.8. The van der Waals surface area contributed by atoms with E-state index < -0.39 is 0 Å². The smallest absolute Gasteiger partial charge is 0.224 e. The zero-order valence-electron chi connectivity index (χ0n) is 21.5. The van der Waals surface area contributed by atoms with Crippen LogP contribution in [-0.4, -0.2) is 39.1 Å². The molecule has 0 aliphatic carbocycles. The summed E-state index contributed by atoms with van der Waals surface area (Å²) in [6.07, 6.45) is 23.7. The lowest BCUT2D eigenvalue weighted by molar-refractivity contribution is -0.692. The summed E-state index contributed by atoms with van der Waals surface area (Å²) in [5, 5.41) is 2.14. The van der Waals surface area contributed by atoms with Gasteiger partial charge >= 0.3 is 0 Å². The van der Waals surface area contributed by atoms with Gasteiger partial charge in [0.05, 0.1) is 31.3 Å². The molecule has 33 heavy (non-hydrogen) atoms. The molecule has 0 amide bonds. The minimum atomic E-state index is 0.276. The van der Waals surface area contributed by atoms with Crippen LogP contribution in [0.25, 0.3) is 0 Å². The highest BCUT2D eigenvalue weighted by Crippen LogP contribution is 2.20. The molecule has 192 valence electrons. The van der Waals surface area contributed by atoms with Crippen molar-refractivity contribution in [2.45, 2.75) is 122 Å². The quantitative estimate of drug-likeness (QED) is 0.121. The van der Waals surface area contributed by atoms with E-state index in [1.54, 1.807) is 11.3 Å². The largest absolute Gasteiger partial charge is 0.381 e. The number of unbranched alkanes of at least 4 members (excludes halogenated alkanes) is 13. The molecule has 1 aromatic rings. The molecule has 0 radical (unpaired) electrons. The average Bonchev–Trinajstić information content (AvgIpc) is 3.51. The summed E-state index contributed by atoms with van der Waals surface area (Å²) in [5.41, 5.74) is 2.19. The van der Waals surface area contributed by atoms with Crippen molar-refractivity contribution < 1.29 is 18.8 Å². The van der Waals surface area contributed by atoms with E-state index in [0.717, 1.165) is 46.0 Å². The Bertz CT molecular complexity index is 525. The highest BCUT2D eigenvalue weighted by molar-refractivity contribution is 7.07. The van der Waals surface area contributed by atoms with Gasteiger partial charge in [-0.05, 0) is 25.7 Å². The summed E-state index contributed by atoms with van der Waals surface area (Å²) in [6.45, 7) is 7.69. The van der Waals surface area contributed by atoms with Crippen molar-refractivity contribution in [2.75, 3.05) is 33.0 Å². The topological polar surface area (TPSA) is 31.6 Å². The van der Waals surface area contributed by atoms with E-state index in [1.807, 2.05) is 0 Å². The van der Waals surface area contributed by atoms with Crippen LogP contribution in [0.1, 0.15) is 110 Å². The normalized spacial score (nSPS) is 18.3. The van der Waals surface area contributed by atoms with Crippen molar-refractivity contribution in [3.8, 4) is 0 Å². The van der Waals surface area contributed by atoms with Crippen LogP contribution in [-0.2, 0) is 20.8 Å². The number of aryl methyl sites for hydroxylation is 1. The van der Waals surface area contributed by atoms with Gasteiger partial charge in [-0.3, -0.25) is 0 Å². The van der Waals surface area contributed by atoms with Gasteiger partial charge in [-0.1, -0.05) is 88.9 Å². The fraction of sp³-hybridized carbons (Fsp3) is 0.893. The van der Waals surface area contributed by atoms with E-state index >= 15 is 0 Å². The summed E-state index contributed by atoms with van der Waals surface area (Å²) < 4.78 is 20.0. The number of nitrogens with zero attached hydrogens (tertiary/aromatic N) is 1. The van der Waals surface area contributed by atoms with E-state index in [0.29, 0.717) is 5.92 Å². The zero-order valence-corrected chi connectivity index (χ0v) is 22.3. The molecule has 1 aliphatic rings. The van der Waals surface area contributed by atoms with E-state index in [4.69, 9.17) is 14.2 Å². The predicted molar refractivity (Wildman–Crippen MR) is 139 cm³/mol. The number of hydrogen-bond acceptors (Lipinski definition) is 4. The summed E-state index contributed by atoms with van der Waals surface area (Å²) in [6, 6.07) is 0. The Kier molecular flexibility index (Phi) is 18.2. The maximum Gasteiger partial charge on any atom is 0.224 e. The fourth-order valence-electron chi connectivity index (χ4n) is 4.59. The van der Waals surface area contributed by atoms with Crippen LogP contribution < -0.4 is 4.57 Å². The number of aromatic nitrogens is 1.